The summed E-state index contributed by atoms with van der Waals surface area (Å²) in [5.41, 5.74) is 3.27. The van der Waals surface area contributed by atoms with Crippen LogP contribution in [0.4, 0.5) is 0 Å². The Labute approximate surface area is 224 Å². The number of aliphatic imine (C=N–C) groups is 1. The maximum atomic E-state index is 13.6. The Balaban J connectivity index is 1.72. The molecule has 1 heterocycles. The van der Waals surface area contributed by atoms with Gasteiger partial charge in [0.15, 0.2) is 11.5 Å². The van der Waals surface area contributed by atoms with E-state index in [2.05, 4.69) is 13.8 Å². The highest BCUT2D eigenvalue weighted by molar-refractivity contribution is 6.12. The molecule has 7 nitrogen and oxygen atoms in total. The summed E-state index contributed by atoms with van der Waals surface area (Å²) in [5.74, 6) is 0.477. The van der Waals surface area contributed by atoms with E-state index in [1.54, 1.807) is 14.2 Å². The third-order valence-electron chi connectivity index (χ3n) is 7.12. The summed E-state index contributed by atoms with van der Waals surface area (Å²) in [7, 11) is 3.19. The second-order valence-electron chi connectivity index (χ2n) is 10.7. The molecule has 38 heavy (non-hydrogen) atoms. The van der Waals surface area contributed by atoms with Gasteiger partial charge in [0.05, 0.1) is 32.3 Å². The largest absolute Gasteiger partial charge is 0.497 e. The first-order valence-electron chi connectivity index (χ1n) is 13.1. The highest BCUT2D eigenvalue weighted by atomic mass is 16.5. The molecule has 1 aliphatic carbocycles. The number of esters is 1. The van der Waals surface area contributed by atoms with Crippen molar-refractivity contribution < 1.29 is 28.5 Å². The minimum absolute atomic E-state index is 0.0863. The van der Waals surface area contributed by atoms with E-state index in [1.807, 2.05) is 56.3 Å². The molecule has 2 aromatic carbocycles. The van der Waals surface area contributed by atoms with E-state index < -0.39 is 17.8 Å². The lowest BCUT2D eigenvalue weighted by atomic mass is 9.63. The lowest BCUT2D eigenvalue weighted by Gasteiger charge is -2.41. The predicted molar refractivity (Wildman–Crippen MR) is 146 cm³/mol. The zero-order valence-electron chi connectivity index (χ0n) is 23.1. The molecule has 7 heteroatoms. The van der Waals surface area contributed by atoms with Gasteiger partial charge in [-0.15, -0.1) is 0 Å². The molecule has 2 aromatic rings. The van der Waals surface area contributed by atoms with Crippen molar-refractivity contribution in [2.45, 2.75) is 59.5 Å². The average molecular weight is 520 g/mol. The maximum absolute atomic E-state index is 13.6. The molecule has 0 saturated heterocycles. The van der Waals surface area contributed by atoms with E-state index in [0.29, 0.717) is 42.2 Å². The molecule has 1 saturated carbocycles. The van der Waals surface area contributed by atoms with Crippen LogP contribution >= 0.6 is 0 Å². The number of benzene rings is 2. The van der Waals surface area contributed by atoms with Crippen molar-refractivity contribution in [1.29, 1.82) is 0 Å². The van der Waals surface area contributed by atoms with Gasteiger partial charge in [-0.25, -0.2) is 4.79 Å². The van der Waals surface area contributed by atoms with Crippen LogP contribution in [0, 0.1) is 11.3 Å². The lowest BCUT2D eigenvalue weighted by molar-refractivity contribution is -0.140. The number of methoxy groups -OCH3 is 2. The summed E-state index contributed by atoms with van der Waals surface area (Å²) in [6.07, 6.45) is 1.99. The zero-order valence-corrected chi connectivity index (χ0v) is 23.1. The SMILES string of the molecule is CCCOc1ccc([C@H]2C(C(=O)OCc3ccc(OC)cc3)=C(C)N=C3CC(C)(C)CC(=O)C32)cc1OC. The van der Waals surface area contributed by atoms with Crippen LogP contribution in [0.1, 0.15) is 64.0 Å². The fraction of sp³-hybridized carbons (Fsp3) is 0.452. The van der Waals surface area contributed by atoms with Gasteiger partial charge in [-0.1, -0.05) is 39.0 Å². The van der Waals surface area contributed by atoms with Crippen LogP contribution in [0.2, 0.25) is 0 Å². The average Bonchev–Trinajstić information content (AvgIpc) is 2.89. The molecule has 2 aliphatic rings. The molecule has 0 bridgehead atoms. The summed E-state index contributed by atoms with van der Waals surface area (Å²) >= 11 is 0. The van der Waals surface area contributed by atoms with Gasteiger partial charge in [0, 0.05) is 23.7 Å². The molecule has 0 radical (unpaired) electrons. The topological polar surface area (TPSA) is 83.4 Å². The van der Waals surface area contributed by atoms with Crippen LogP contribution in [0.15, 0.2) is 58.7 Å². The number of allylic oxidation sites excluding steroid dienone is 1. The quantitative estimate of drug-likeness (QED) is 0.375. The second-order valence-corrected chi connectivity index (χ2v) is 10.7. The molecule has 202 valence electrons. The summed E-state index contributed by atoms with van der Waals surface area (Å²) < 4.78 is 22.5. The smallest absolute Gasteiger partial charge is 0.336 e. The molecule has 0 aromatic heterocycles. The monoisotopic (exact) mass is 519 g/mol. The molecule has 2 atom stereocenters. The van der Waals surface area contributed by atoms with Crippen molar-refractivity contribution in [2.24, 2.45) is 16.3 Å². The van der Waals surface area contributed by atoms with Gasteiger partial charge in [0.2, 0.25) is 0 Å². The van der Waals surface area contributed by atoms with Gasteiger partial charge >= 0.3 is 5.97 Å². The van der Waals surface area contributed by atoms with Gasteiger partial charge in [-0.2, -0.15) is 0 Å². The van der Waals surface area contributed by atoms with E-state index in [0.717, 1.165) is 29.0 Å². The molecular formula is C31H37NO6. The second kappa shape index (κ2) is 11.4. The summed E-state index contributed by atoms with van der Waals surface area (Å²) in [5, 5.41) is 0. The first-order chi connectivity index (χ1) is 18.2. The molecule has 0 N–H and O–H groups in total. The van der Waals surface area contributed by atoms with Gasteiger partial charge in [-0.3, -0.25) is 9.79 Å². The maximum Gasteiger partial charge on any atom is 0.336 e. The van der Waals surface area contributed by atoms with Gasteiger partial charge in [0.1, 0.15) is 18.1 Å². The molecule has 1 fully saturated rings. The van der Waals surface area contributed by atoms with Crippen LogP contribution in [-0.2, 0) is 20.9 Å². The first-order valence-corrected chi connectivity index (χ1v) is 13.1. The summed E-state index contributed by atoms with van der Waals surface area (Å²) in [6.45, 7) is 8.69. The van der Waals surface area contributed by atoms with Crippen molar-refractivity contribution in [3.63, 3.8) is 0 Å². The number of hydrogen-bond donors (Lipinski definition) is 0. The Morgan fingerprint density at radius 2 is 1.74 bits per heavy atom. The fourth-order valence-corrected chi connectivity index (χ4v) is 5.38. The zero-order chi connectivity index (χ0) is 27.4. The molecule has 1 aliphatic heterocycles. The number of rotatable bonds is 9. The van der Waals surface area contributed by atoms with Gasteiger partial charge in [-0.05, 0) is 60.6 Å². The van der Waals surface area contributed by atoms with E-state index in [9.17, 15) is 9.59 Å². The first kappa shape index (κ1) is 27.4. The Bertz CT molecular complexity index is 1260. The Morgan fingerprint density at radius 3 is 2.39 bits per heavy atom. The lowest BCUT2D eigenvalue weighted by Crippen LogP contribution is -2.44. The normalized spacial score (nSPS) is 20.4. The van der Waals surface area contributed by atoms with Crippen molar-refractivity contribution in [3.05, 3.63) is 64.9 Å². The minimum atomic E-state index is -0.526. The number of fused-ring (bicyclic) bond motifs is 1. The molecular weight excluding hydrogens is 482 g/mol. The predicted octanol–water partition coefficient (Wildman–Crippen LogP) is 6.05. The number of nitrogens with zero attached hydrogens (tertiary/aromatic N) is 1. The Morgan fingerprint density at radius 1 is 1.00 bits per heavy atom. The minimum Gasteiger partial charge on any atom is -0.497 e. The van der Waals surface area contributed by atoms with Crippen LogP contribution in [0.5, 0.6) is 17.2 Å². The van der Waals surface area contributed by atoms with Crippen LogP contribution in [0.25, 0.3) is 0 Å². The van der Waals surface area contributed by atoms with Crippen molar-refractivity contribution in [2.75, 3.05) is 20.8 Å². The van der Waals surface area contributed by atoms with Crippen molar-refractivity contribution in [1.82, 2.24) is 0 Å². The van der Waals surface area contributed by atoms with Gasteiger partial charge < -0.3 is 18.9 Å². The third kappa shape index (κ3) is 5.77. The molecule has 1 unspecified atom stereocenters. The molecule has 0 spiro atoms. The third-order valence-corrected chi connectivity index (χ3v) is 7.12. The van der Waals surface area contributed by atoms with Gasteiger partial charge in [0.25, 0.3) is 0 Å². The summed E-state index contributed by atoms with van der Waals surface area (Å²) in [4.78, 5) is 32.0. The number of hydrogen-bond acceptors (Lipinski definition) is 7. The summed E-state index contributed by atoms with van der Waals surface area (Å²) in [6, 6.07) is 13.0. The van der Waals surface area contributed by atoms with Crippen LogP contribution < -0.4 is 14.2 Å². The highest BCUT2D eigenvalue weighted by Gasteiger charge is 2.47. The number of ether oxygens (including phenoxy) is 4. The number of Topliss-reactive ketones (excluding diaryl/α,β-unsaturated/α-hetero) is 1. The fourth-order valence-electron chi connectivity index (χ4n) is 5.38. The molecule has 0 amide bonds. The molecule has 4 rings (SSSR count). The highest BCUT2D eigenvalue weighted by Crippen LogP contribution is 2.48. The standard InChI is InChI=1S/C31H37NO6/c1-7-14-37-25-13-10-21(15-26(25)36-6)28-27(30(34)38-18-20-8-11-22(35-5)12-9-20)19(2)32-23-16-31(3,4)17-24(33)29(23)28/h8-13,15,28-29H,7,14,16-18H2,1-6H3/t28-,29?/m0/s1. The van der Waals surface area contributed by atoms with E-state index in [1.165, 1.54) is 0 Å². The Kier molecular flexibility index (Phi) is 8.24. The Hall–Kier alpha value is -3.61. The number of carbonyl (C=O) groups is 2. The van der Waals surface area contributed by atoms with Crippen LogP contribution in [-0.4, -0.2) is 38.3 Å². The van der Waals surface area contributed by atoms with E-state index in [4.69, 9.17) is 23.9 Å². The van der Waals surface area contributed by atoms with Crippen molar-refractivity contribution >= 4 is 17.5 Å². The number of ketones is 1. The van der Waals surface area contributed by atoms with E-state index >= 15 is 0 Å². The van der Waals surface area contributed by atoms with E-state index in [-0.39, 0.29) is 17.8 Å². The van der Waals surface area contributed by atoms with Crippen LogP contribution in [0.3, 0.4) is 0 Å². The van der Waals surface area contributed by atoms with Crippen molar-refractivity contribution in [3.8, 4) is 17.2 Å². The number of carbonyl (C=O) groups excluding carboxylic acids is 2.